The van der Waals surface area contributed by atoms with Crippen LogP contribution in [0, 0.1) is 0 Å². The molecule has 0 amide bonds. The van der Waals surface area contributed by atoms with Crippen molar-refractivity contribution in [3.63, 3.8) is 0 Å². The minimum absolute atomic E-state index is 0.694. The van der Waals surface area contributed by atoms with Crippen LogP contribution >= 0.6 is 0 Å². The lowest BCUT2D eigenvalue weighted by Gasteiger charge is -2.00. The number of rotatable bonds is 5. The van der Waals surface area contributed by atoms with E-state index in [1.54, 1.807) is 7.11 Å². The Bertz CT molecular complexity index is 35.4. The molecule has 0 rings (SSSR count). The summed E-state index contributed by atoms with van der Waals surface area (Å²) in [7, 11) is 1.66. The van der Waals surface area contributed by atoms with Crippen molar-refractivity contribution < 1.29 is 9.57 Å². The van der Waals surface area contributed by atoms with Gasteiger partial charge in [0.05, 0.1) is 13.2 Å². The third-order valence-corrected chi connectivity index (χ3v) is 0.655. The SMILES string of the molecule is CCONCCOC. The molecule has 0 heterocycles. The number of nitrogens with one attached hydrogen (secondary N) is 1. The first-order valence-electron chi connectivity index (χ1n) is 2.75. The lowest BCUT2D eigenvalue weighted by atomic mass is 10.7. The largest absolute Gasteiger partial charge is 0.383 e. The van der Waals surface area contributed by atoms with Crippen LogP contribution in [-0.2, 0) is 9.57 Å². The number of hydroxylamine groups is 1. The summed E-state index contributed by atoms with van der Waals surface area (Å²) in [5.41, 5.74) is 2.71. The summed E-state index contributed by atoms with van der Waals surface area (Å²) >= 11 is 0. The van der Waals surface area contributed by atoms with Crippen LogP contribution < -0.4 is 5.48 Å². The molecule has 0 aliphatic heterocycles. The summed E-state index contributed by atoms with van der Waals surface area (Å²) in [6.45, 7) is 4.08. The molecule has 0 bridgehead atoms. The molecular formula is C5H13NO2. The second-order valence-corrected chi connectivity index (χ2v) is 1.32. The Balaban J connectivity index is 2.53. The van der Waals surface area contributed by atoms with Crippen molar-refractivity contribution in [2.75, 3.05) is 26.9 Å². The van der Waals surface area contributed by atoms with Crippen molar-refractivity contribution in [1.82, 2.24) is 5.48 Å². The molecule has 3 nitrogen and oxygen atoms in total. The van der Waals surface area contributed by atoms with Gasteiger partial charge >= 0.3 is 0 Å². The van der Waals surface area contributed by atoms with Crippen molar-refractivity contribution in [3.8, 4) is 0 Å². The van der Waals surface area contributed by atoms with E-state index in [9.17, 15) is 0 Å². The quantitative estimate of drug-likeness (QED) is 0.413. The fraction of sp³-hybridized carbons (Fsp3) is 1.00. The Hall–Kier alpha value is -0.120. The summed E-state index contributed by atoms with van der Waals surface area (Å²) in [4.78, 5) is 4.81. The van der Waals surface area contributed by atoms with Gasteiger partial charge in [0.15, 0.2) is 0 Å². The molecule has 0 aliphatic rings. The zero-order valence-corrected chi connectivity index (χ0v) is 5.44. The van der Waals surface area contributed by atoms with E-state index >= 15 is 0 Å². The van der Waals surface area contributed by atoms with Crippen LogP contribution in [0.15, 0.2) is 0 Å². The molecule has 0 saturated heterocycles. The van der Waals surface area contributed by atoms with E-state index in [-0.39, 0.29) is 0 Å². The zero-order chi connectivity index (χ0) is 6.24. The molecule has 0 radical (unpaired) electrons. The molecule has 0 unspecified atom stereocenters. The minimum Gasteiger partial charge on any atom is -0.383 e. The van der Waals surface area contributed by atoms with Crippen molar-refractivity contribution >= 4 is 0 Å². The highest BCUT2D eigenvalue weighted by molar-refractivity contribution is 4.27. The van der Waals surface area contributed by atoms with Gasteiger partial charge < -0.3 is 9.57 Å². The number of hydrogen-bond acceptors (Lipinski definition) is 3. The van der Waals surface area contributed by atoms with Gasteiger partial charge in [0, 0.05) is 13.7 Å². The van der Waals surface area contributed by atoms with Gasteiger partial charge in [-0.2, -0.15) is 0 Å². The molecule has 0 aromatic carbocycles. The van der Waals surface area contributed by atoms with E-state index in [1.165, 1.54) is 0 Å². The Morgan fingerprint density at radius 1 is 1.50 bits per heavy atom. The molecule has 0 fully saturated rings. The molecule has 50 valence electrons. The highest BCUT2D eigenvalue weighted by atomic mass is 16.6. The third kappa shape index (κ3) is 5.88. The minimum atomic E-state index is 0.694. The van der Waals surface area contributed by atoms with Gasteiger partial charge in [0.25, 0.3) is 0 Å². The highest BCUT2D eigenvalue weighted by Crippen LogP contribution is 1.65. The normalized spacial score (nSPS) is 9.75. The molecule has 0 spiro atoms. The first kappa shape index (κ1) is 7.88. The van der Waals surface area contributed by atoms with Crippen LogP contribution in [0.3, 0.4) is 0 Å². The zero-order valence-electron chi connectivity index (χ0n) is 5.44. The lowest BCUT2D eigenvalue weighted by molar-refractivity contribution is 0.0353. The Labute approximate surface area is 49.9 Å². The van der Waals surface area contributed by atoms with Crippen LogP contribution in [0.5, 0.6) is 0 Å². The number of methoxy groups -OCH3 is 1. The molecule has 0 aliphatic carbocycles. The molecule has 1 N–H and O–H groups in total. The van der Waals surface area contributed by atoms with Crippen molar-refractivity contribution in [1.29, 1.82) is 0 Å². The van der Waals surface area contributed by atoms with E-state index in [2.05, 4.69) is 5.48 Å². The van der Waals surface area contributed by atoms with Gasteiger partial charge in [-0.05, 0) is 6.92 Å². The van der Waals surface area contributed by atoms with Gasteiger partial charge in [-0.3, -0.25) is 0 Å². The standard InChI is InChI=1S/C5H13NO2/c1-3-8-6-4-5-7-2/h6H,3-5H2,1-2H3. The summed E-state index contributed by atoms with van der Waals surface area (Å²) in [6.07, 6.45) is 0. The maximum atomic E-state index is 4.81. The predicted molar refractivity (Wildman–Crippen MR) is 31.5 cm³/mol. The van der Waals surface area contributed by atoms with Gasteiger partial charge in [0.2, 0.25) is 0 Å². The predicted octanol–water partition coefficient (Wildman–Crippen LogP) is 0.174. The first-order chi connectivity index (χ1) is 3.91. The fourth-order valence-corrected chi connectivity index (χ4v) is 0.318. The molecule has 0 aromatic rings. The monoisotopic (exact) mass is 119 g/mol. The van der Waals surface area contributed by atoms with E-state index in [0.717, 1.165) is 6.54 Å². The molecule has 0 atom stereocenters. The van der Waals surface area contributed by atoms with Crippen molar-refractivity contribution in [2.45, 2.75) is 6.92 Å². The Kier molecular flexibility index (Phi) is 6.78. The van der Waals surface area contributed by atoms with E-state index < -0.39 is 0 Å². The first-order valence-corrected chi connectivity index (χ1v) is 2.75. The second-order valence-electron chi connectivity index (χ2n) is 1.32. The lowest BCUT2D eigenvalue weighted by Crippen LogP contribution is -2.19. The van der Waals surface area contributed by atoms with Crippen molar-refractivity contribution in [2.24, 2.45) is 0 Å². The van der Waals surface area contributed by atoms with Crippen LogP contribution in [0.4, 0.5) is 0 Å². The van der Waals surface area contributed by atoms with Gasteiger partial charge in [0.1, 0.15) is 0 Å². The Morgan fingerprint density at radius 2 is 2.25 bits per heavy atom. The summed E-state index contributed by atoms with van der Waals surface area (Å²) < 4.78 is 4.75. The van der Waals surface area contributed by atoms with Crippen LogP contribution in [0.25, 0.3) is 0 Å². The maximum absolute atomic E-state index is 4.81. The van der Waals surface area contributed by atoms with Gasteiger partial charge in [-0.1, -0.05) is 0 Å². The summed E-state index contributed by atoms with van der Waals surface area (Å²) in [6, 6.07) is 0. The average Bonchev–Trinajstić information content (AvgIpc) is 1.81. The maximum Gasteiger partial charge on any atom is 0.0653 e. The molecular weight excluding hydrogens is 106 g/mol. The fourth-order valence-electron chi connectivity index (χ4n) is 0.318. The van der Waals surface area contributed by atoms with Gasteiger partial charge in [-0.25, -0.2) is 5.48 Å². The molecule has 0 aromatic heterocycles. The molecule has 0 saturated carbocycles. The second kappa shape index (κ2) is 6.88. The topological polar surface area (TPSA) is 30.5 Å². The number of ether oxygens (including phenoxy) is 1. The highest BCUT2D eigenvalue weighted by Gasteiger charge is 1.79. The smallest absolute Gasteiger partial charge is 0.0653 e. The van der Waals surface area contributed by atoms with Crippen LogP contribution in [-0.4, -0.2) is 26.9 Å². The molecule has 3 heteroatoms. The van der Waals surface area contributed by atoms with Crippen molar-refractivity contribution in [3.05, 3.63) is 0 Å². The van der Waals surface area contributed by atoms with E-state index in [1.807, 2.05) is 6.92 Å². The Morgan fingerprint density at radius 3 is 2.75 bits per heavy atom. The summed E-state index contributed by atoms with van der Waals surface area (Å²) in [5, 5.41) is 0. The van der Waals surface area contributed by atoms with Crippen LogP contribution in [0.1, 0.15) is 6.92 Å². The van der Waals surface area contributed by atoms with Gasteiger partial charge in [-0.15, -0.1) is 0 Å². The molecule has 8 heavy (non-hydrogen) atoms. The third-order valence-electron chi connectivity index (χ3n) is 0.655. The van der Waals surface area contributed by atoms with E-state index in [0.29, 0.717) is 13.2 Å². The number of hydrogen-bond donors (Lipinski definition) is 1. The summed E-state index contributed by atoms with van der Waals surface area (Å²) in [5.74, 6) is 0. The van der Waals surface area contributed by atoms with Crippen LogP contribution in [0.2, 0.25) is 0 Å². The average molecular weight is 119 g/mol. The van der Waals surface area contributed by atoms with E-state index in [4.69, 9.17) is 9.57 Å².